The zero-order valence-corrected chi connectivity index (χ0v) is 18.7. The summed E-state index contributed by atoms with van der Waals surface area (Å²) in [5.74, 6) is -0.658. The Morgan fingerprint density at radius 1 is 0.824 bits per heavy atom. The van der Waals surface area contributed by atoms with Crippen LogP contribution in [0.5, 0.6) is 0 Å². The summed E-state index contributed by atoms with van der Waals surface area (Å²) in [4.78, 5) is 30.0. The van der Waals surface area contributed by atoms with E-state index < -0.39 is 6.04 Å². The first kappa shape index (κ1) is 22.9. The Morgan fingerprint density at radius 3 is 2.24 bits per heavy atom. The summed E-state index contributed by atoms with van der Waals surface area (Å²) >= 11 is 0. The molecule has 4 aromatic rings. The number of hydrogen-bond acceptors (Lipinski definition) is 4. The molecule has 1 aromatic heterocycles. The Balaban J connectivity index is 1.51. The first-order valence-electron chi connectivity index (χ1n) is 10.9. The van der Waals surface area contributed by atoms with Crippen LogP contribution in [0.1, 0.15) is 37.9 Å². The third-order valence-corrected chi connectivity index (χ3v) is 5.55. The molecule has 3 N–H and O–H groups in total. The van der Waals surface area contributed by atoms with E-state index in [9.17, 15) is 14.7 Å². The molecule has 0 saturated carbocycles. The number of hydrogen-bond donors (Lipinski definition) is 3. The maximum absolute atomic E-state index is 13.0. The van der Waals surface area contributed by atoms with Gasteiger partial charge in [0.25, 0.3) is 11.8 Å². The number of aliphatic hydroxyl groups is 1. The molecule has 6 nitrogen and oxygen atoms in total. The molecule has 0 aliphatic carbocycles. The van der Waals surface area contributed by atoms with Gasteiger partial charge in [0.05, 0.1) is 18.2 Å². The second-order valence-corrected chi connectivity index (χ2v) is 7.93. The van der Waals surface area contributed by atoms with E-state index in [4.69, 9.17) is 0 Å². The highest BCUT2D eigenvalue weighted by Crippen LogP contribution is 2.22. The van der Waals surface area contributed by atoms with E-state index >= 15 is 0 Å². The second kappa shape index (κ2) is 10.6. The maximum Gasteiger partial charge on any atom is 0.257 e. The zero-order chi connectivity index (χ0) is 23.9. The minimum absolute atomic E-state index is 0.226. The number of aryl methyl sites for hydroxylation is 1. The van der Waals surface area contributed by atoms with Crippen LogP contribution in [0.4, 0.5) is 5.69 Å². The molecule has 0 fully saturated rings. The molecule has 0 bridgehead atoms. The maximum atomic E-state index is 13.0. The van der Waals surface area contributed by atoms with Crippen molar-refractivity contribution in [2.75, 3.05) is 11.9 Å². The van der Waals surface area contributed by atoms with E-state index in [1.807, 2.05) is 67.6 Å². The van der Waals surface area contributed by atoms with Crippen molar-refractivity contribution < 1.29 is 14.7 Å². The number of nitrogens with one attached hydrogen (secondary N) is 2. The van der Waals surface area contributed by atoms with E-state index in [0.717, 1.165) is 22.3 Å². The summed E-state index contributed by atoms with van der Waals surface area (Å²) in [6.07, 6.45) is 3.23. The average molecular weight is 452 g/mol. The van der Waals surface area contributed by atoms with Crippen LogP contribution < -0.4 is 10.6 Å². The van der Waals surface area contributed by atoms with Gasteiger partial charge in [0.1, 0.15) is 0 Å². The average Bonchev–Trinajstić information content (AvgIpc) is 2.89. The molecule has 0 aliphatic heterocycles. The molecule has 1 heterocycles. The van der Waals surface area contributed by atoms with E-state index in [-0.39, 0.29) is 18.4 Å². The second-order valence-electron chi connectivity index (χ2n) is 7.93. The third-order valence-electron chi connectivity index (χ3n) is 5.55. The van der Waals surface area contributed by atoms with Crippen molar-refractivity contribution in [2.24, 2.45) is 0 Å². The first-order chi connectivity index (χ1) is 16.5. The number of anilines is 1. The Bertz CT molecular complexity index is 1290. The fourth-order valence-corrected chi connectivity index (χ4v) is 3.61. The van der Waals surface area contributed by atoms with Crippen molar-refractivity contribution in [3.8, 4) is 11.1 Å². The SMILES string of the molecule is Cc1ccc(C(=O)NC(CO)c2ccccc2)cc1NC(=O)c1cncc(-c2ccccc2)c1. The largest absolute Gasteiger partial charge is 0.394 e. The molecular formula is C28H25N3O3. The lowest BCUT2D eigenvalue weighted by atomic mass is 10.0. The van der Waals surface area contributed by atoms with Crippen LogP contribution in [0.2, 0.25) is 0 Å². The van der Waals surface area contributed by atoms with Gasteiger partial charge in [0.2, 0.25) is 0 Å². The van der Waals surface area contributed by atoms with Crippen molar-refractivity contribution in [2.45, 2.75) is 13.0 Å². The number of carbonyl (C=O) groups is 2. The number of aromatic nitrogens is 1. The fourth-order valence-electron chi connectivity index (χ4n) is 3.61. The number of aliphatic hydroxyl groups excluding tert-OH is 1. The van der Waals surface area contributed by atoms with Crippen LogP contribution >= 0.6 is 0 Å². The number of rotatable bonds is 7. The molecule has 4 rings (SSSR count). The van der Waals surface area contributed by atoms with Crippen LogP contribution in [-0.2, 0) is 0 Å². The van der Waals surface area contributed by atoms with Crippen molar-refractivity contribution >= 4 is 17.5 Å². The molecule has 0 saturated heterocycles. The summed E-state index contributed by atoms with van der Waals surface area (Å²) in [7, 11) is 0. The molecule has 1 unspecified atom stereocenters. The number of benzene rings is 3. The molecule has 3 aromatic carbocycles. The van der Waals surface area contributed by atoms with Gasteiger partial charge in [-0.05, 0) is 41.8 Å². The van der Waals surface area contributed by atoms with Crippen LogP contribution in [0.15, 0.2) is 97.3 Å². The lowest BCUT2D eigenvalue weighted by molar-refractivity contribution is 0.0915. The molecule has 2 amide bonds. The quantitative estimate of drug-likeness (QED) is 0.377. The van der Waals surface area contributed by atoms with Gasteiger partial charge in [-0.25, -0.2) is 0 Å². The Hall–Kier alpha value is -4.29. The van der Waals surface area contributed by atoms with Crippen molar-refractivity contribution in [1.82, 2.24) is 10.3 Å². The molecule has 34 heavy (non-hydrogen) atoms. The van der Waals surface area contributed by atoms with Crippen molar-refractivity contribution in [3.63, 3.8) is 0 Å². The molecule has 0 aliphatic rings. The molecular weight excluding hydrogens is 426 g/mol. The lowest BCUT2D eigenvalue weighted by Gasteiger charge is -2.17. The Labute approximate surface area is 198 Å². The number of pyridine rings is 1. The molecule has 6 heteroatoms. The first-order valence-corrected chi connectivity index (χ1v) is 10.9. The summed E-state index contributed by atoms with van der Waals surface area (Å²) in [6, 6.07) is 25.3. The van der Waals surface area contributed by atoms with Crippen molar-refractivity contribution in [1.29, 1.82) is 0 Å². The topological polar surface area (TPSA) is 91.3 Å². The Morgan fingerprint density at radius 2 is 1.53 bits per heavy atom. The van der Waals surface area contributed by atoms with E-state index in [2.05, 4.69) is 15.6 Å². The minimum Gasteiger partial charge on any atom is -0.394 e. The van der Waals surface area contributed by atoms with Crippen LogP contribution in [0.3, 0.4) is 0 Å². The van der Waals surface area contributed by atoms with Gasteiger partial charge in [-0.15, -0.1) is 0 Å². The fraction of sp³-hybridized carbons (Fsp3) is 0.107. The monoisotopic (exact) mass is 451 g/mol. The van der Waals surface area contributed by atoms with Crippen LogP contribution in [-0.4, -0.2) is 28.5 Å². The van der Waals surface area contributed by atoms with E-state index in [1.54, 1.807) is 30.5 Å². The normalized spacial score (nSPS) is 11.5. The number of carbonyl (C=O) groups excluding carboxylic acids is 2. The molecule has 0 spiro atoms. The van der Waals surface area contributed by atoms with Crippen LogP contribution in [0.25, 0.3) is 11.1 Å². The van der Waals surface area contributed by atoms with Gasteiger partial charge in [-0.3, -0.25) is 14.6 Å². The third kappa shape index (κ3) is 5.36. The predicted molar refractivity (Wildman–Crippen MR) is 133 cm³/mol. The van der Waals surface area contributed by atoms with Crippen LogP contribution in [0, 0.1) is 6.92 Å². The minimum atomic E-state index is -0.528. The molecule has 0 radical (unpaired) electrons. The smallest absolute Gasteiger partial charge is 0.257 e. The van der Waals surface area contributed by atoms with Gasteiger partial charge < -0.3 is 15.7 Å². The summed E-state index contributed by atoms with van der Waals surface area (Å²) in [5.41, 5.74) is 4.77. The van der Waals surface area contributed by atoms with E-state index in [0.29, 0.717) is 16.8 Å². The highest BCUT2D eigenvalue weighted by atomic mass is 16.3. The Kier molecular flexibility index (Phi) is 7.10. The van der Waals surface area contributed by atoms with Gasteiger partial charge in [-0.1, -0.05) is 66.7 Å². The summed E-state index contributed by atoms with van der Waals surface area (Å²) in [5, 5.41) is 15.5. The number of nitrogens with zero attached hydrogens (tertiary/aromatic N) is 1. The number of amides is 2. The summed E-state index contributed by atoms with van der Waals surface area (Å²) < 4.78 is 0. The molecule has 1 atom stereocenters. The van der Waals surface area contributed by atoms with E-state index in [1.165, 1.54) is 6.20 Å². The summed E-state index contributed by atoms with van der Waals surface area (Å²) in [6.45, 7) is 1.63. The highest BCUT2D eigenvalue weighted by Gasteiger charge is 2.17. The van der Waals surface area contributed by atoms with Crippen molar-refractivity contribution in [3.05, 3.63) is 120 Å². The zero-order valence-electron chi connectivity index (χ0n) is 18.7. The lowest BCUT2D eigenvalue weighted by Crippen LogP contribution is -2.30. The van der Waals surface area contributed by atoms with Gasteiger partial charge in [0, 0.05) is 29.2 Å². The van der Waals surface area contributed by atoms with Gasteiger partial charge in [-0.2, -0.15) is 0 Å². The van der Waals surface area contributed by atoms with Gasteiger partial charge in [0.15, 0.2) is 0 Å². The predicted octanol–water partition coefficient (Wildman–Crippen LogP) is 4.77. The standard InChI is InChI=1S/C28H25N3O3/c1-19-12-13-22(27(33)31-26(18-32)21-10-6-3-7-11-21)15-25(19)30-28(34)24-14-23(16-29-17-24)20-8-4-2-5-9-20/h2-17,26,32H,18H2,1H3,(H,30,34)(H,31,33). The van der Waals surface area contributed by atoms with Gasteiger partial charge >= 0.3 is 0 Å². The molecule has 170 valence electrons. The highest BCUT2D eigenvalue weighted by molar-refractivity contribution is 6.06.